The number of aromatic hydroxyl groups is 1. The second kappa shape index (κ2) is 10.8. The standard InChI is InChI=1S/C25H27F4N3O2/c1-2-3-4-5-24(34)31-11-10-21(16-31)32(20-9-7-17(14-30)23(33)13-20)15-18-6-8-19(26)12-22(18)25(27,28)29/h6-9,12-13,21,33H,2-5,10-11,15-16H2,1H3/t21-/m0/s1. The van der Waals surface area contributed by atoms with Crippen molar-refractivity contribution in [2.75, 3.05) is 18.0 Å². The highest BCUT2D eigenvalue weighted by Crippen LogP contribution is 2.36. The zero-order valence-corrected chi connectivity index (χ0v) is 18.9. The van der Waals surface area contributed by atoms with Gasteiger partial charge in [-0.2, -0.15) is 18.4 Å². The van der Waals surface area contributed by atoms with E-state index in [0.717, 1.165) is 31.4 Å². The van der Waals surface area contributed by atoms with E-state index >= 15 is 0 Å². The second-order valence-electron chi connectivity index (χ2n) is 8.48. The lowest BCUT2D eigenvalue weighted by molar-refractivity contribution is -0.138. The van der Waals surface area contributed by atoms with Crippen molar-refractivity contribution in [2.45, 2.75) is 57.8 Å². The first kappa shape index (κ1) is 25.3. The highest BCUT2D eigenvalue weighted by atomic mass is 19.4. The zero-order valence-electron chi connectivity index (χ0n) is 18.9. The van der Waals surface area contributed by atoms with Gasteiger partial charge < -0.3 is 14.9 Å². The molecule has 0 unspecified atom stereocenters. The van der Waals surface area contributed by atoms with Crippen molar-refractivity contribution in [1.82, 2.24) is 4.90 Å². The fourth-order valence-electron chi connectivity index (χ4n) is 4.27. The fraction of sp³-hybridized carbons (Fsp3) is 0.440. The van der Waals surface area contributed by atoms with Gasteiger partial charge in [0.25, 0.3) is 0 Å². The van der Waals surface area contributed by atoms with Crippen LogP contribution < -0.4 is 4.90 Å². The molecule has 1 saturated heterocycles. The van der Waals surface area contributed by atoms with Crippen molar-refractivity contribution in [1.29, 1.82) is 5.26 Å². The molecule has 3 rings (SSSR count). The van der Waals surface area contributed by atoms with Crippen LogP contribution in [0.5, 0.6) is 5.75 Å². The molecule has 1 amide bonds. The van der Waals surface area contributed by atoms with Gasteiger partial charge in [0.05, 0.1) is 11.1 Å². The van der Waals surface area contributed by atoms with Crippen LogP contribution in [0.3, 0.4) is 0 Å². The van der Waals surface area contributed by atoms with Crippen molar-refractivity contribution < 1.29 is 27.5 Å². The monoisotopic (exact) mass is 477 g/mol. The zero-order chi connectivity index (χ0) is 24.9. The number of anilines is 1. The van der Waals surface area contributed by atoms with Crippen LogP contribution in [0.15, 0.2) is 36.4 Å². The van der Waals surface area contributed by atoms with Crippen LogP contribution >= 0.6 is 0 Å². The van der Waals surface area contributed by atoms with Crippen LogP contribution in [0, 0.1) is 17.1 Å². The number of likely N-dealkylation sites (tertiary alicyclic amines) is 1. The number of rotatable bonds is 8. The molecule has 182 valence electrons. The first-order valence-corrected chi connectivity index (χ1v) is 11.3. The van der Waals surface area contributed by atoms with Gasteiger partial charge in [0.15, 0.2) is 0 Å². The maximum absolute atomic E-state index is 13.6. The number of alkyl halides is 3. The summed E-state index contributed by atoms with van der Waals surface area (Å²) in [5, 5.41) is 19.3. The van der Waals surface area contributed by atoms with Crippen LogP contribution in [0.1, 0.15) is 55.7 Å². The van der Waals surface area contributed by atoms with Gasteiger partial charge in [0, 0.05) is 43.9 Å². The Balaban J connectivity index is 1.92. The van der Waals surface area contributed by atoms with Gasteiger partial charge in [-0.15, -0.1) is 0 Å². The highest BCUT2D eigenvalue weighted by Gasteiger charge is 2.36. The minimum absolute atomic E-state index is 0.0105. The number of phenols is 1. The maximum atomic E-state index is 13.6. The average Bonchev–Trinajstić information content (AvgIpc) is 3.27. The molecule has 1 aliphatic heterocycles. The number of carbonyl (C=O) groups excluding carboxylic acids is 1. The Bertz CT molecular complexity index is 1070. The van der Waals surface area contributed by atoms with Gasteiger partial charge in [-0.1, -0.05) is 25.8 Å². The first-order chi connectivity index (χ1) is 16.1. The molecule has 1 fully saturated rings. The van der Waals surface area contributed by atoms with Crippen molar-refractivity contribution in [3.05, 3.63) is 58.9 Å². The van der Waals surface area contributed by atoms with Crippen molar-refractivity contribution in [3.63, 3.8) is 0 Å². The number of benzene rings is 2. The summed E-state index contributed by atoms with van der Waals surface area (Å²) in [4.78, 5) is 16.0. The van der Waals surface area contributed by atoms with E-state index in [0.29, 0.717) is 37.7 Å². The number of halogens is 4. The molecule has 1 aliphatic rings. The fourth-order valence-corrected chi connectivity index (χ4v) is 4.27. The molecule has 2 aromatic carbocycles. The van der Waals surface area contributed by atoms with Crippen molar-refractivity contribution in [3.8, 4) is 11.8 Å². The van der Waals surface area contributed by atoms with E-state index in [2.05, 4.69) is 0 Å². The lowest BCUT2D eigenvalue weighted by atomic mass is 10.0. The molecule has 5 nitrogen and oxygen atoms in total. The Hall–Kier alpha value is -3.28. The summed E-state index contributed by atoms with van der Waals surface area (Å²) < 4.78 is 54.5. The Morgan fingerprint density at radius 1 is 1.24 bits per heavy atom. The van der Waals surface area contributed by atoms with Crippen LogP contribution in [0.25, 0.3) is 0 Å². The molecule has 0 radical (unpaired) electrons. The second-order valence-corrected chi connectivity index (χ2v) is 8.48. The molecule has 0 aliphatic carbocycles. The number of nitrogens with zero attached hydrogens (tertiary/aromatic N) is 3. The minimum atomic E-state index is -4.74. The molecule has 0 aromatic heterocycles. The number of hydrogen-bond acceptors (Lipinski definition) is 4. The number of hydrogen-bond donors (Lipinski definition) is 1. The third-order valence-corrected chi connectivity index (χ3v) is 6.10. The molecule has 2 aromatic rings. The smallest absolute Gasteiger partial charge is 0.416 e. The largest absolute Gasteiger partial charge is 0.506 e. The quantitative estimate of drug-likeness (QED) is 0.397. The molecular weight excluding hydrogens is 450 g/mol. The third-order valence-electron chi connectivity index (χ3n) is 6.10. The van der Waals surface area contributed by atoms with Crippen molar-refractivity contribution in [2.24, 2.45) is 0 Å². The lowest BCUT2D eigenvalue weighted by Crippen LogP contribution is -2.39. The Labute approximate surface area is 196 Å². The molecule has 1 N–H and O–H groups in total. The van der Waals surface area contributed by atoms with Gasteiger partial charge in [0.1, 0.15) is 17.6 Å². The predicted octanol–water partition coefficient (Wildman–Crippen LogP) is 5.61. The van der Waals surface area contributed by atoms with E-state index < -0.39 is 17.6 Å². The van der Waals surface area contributed by atoms with E-state index in [4.69, 9.17) is 5.26 Å². The molecule has 1 atom stereocenters. The van der Waals surface area contributed by atoms with Crippen LogP contribution in [0.4, 0.5) is 23.2 Å². The number of nitriles is 1. The first-order valence-electron chi connectivity index (χ1n) is 11.3. The SMILES string of the molecule is CCCCCC(=O)N1CC[C@H](N(Cc2ccc(F)cc2C(F)(F)F)c2ccc(C#N)c(O)c2)C1. The summed E-state index contributed by atoms with van der Waals surface area (Å²) in [5.74, 6) is -1.26. The molecule has 1 heterocycles. The number of carbonyl (C=O) groups is 1. The normalized spacial score (nSPS) is 15.9. The Morgan fingerprint density at radius 2 is 2.00 bits per heavy atom. The summed E-state index contributed by atoms with van der Waals surface area (Å²) >= 11 is 0. The van der Waals surface area contributed by atoms with Gasteiger partial charge in [-0.05, 0) is 42.7 Å². The summed E-state index contributed by atoms with van der Waals surface area (Å²) in [7, 11) is 0. The van der Waals surface area contributed by atoms with E-state index in [-0.39, 0.29) is 35.4 Å². The topological polar surface area (TPSA) is 67.6 Å². The van der Waals surface area contributed by atoms with E-state index in [9.17, 15) is 27.5 Å². The number of phenolic OH excluding ortho intramolecular Hbond substituents is 1. The van der Waals surface area contributed by atoms with Gasteiger partial charge in [-0.25, -0.2) is 4.39 Å². The average molecular weight is 478 g/mol. The molecule has 0 bridgehead atoms. The Kier molecular flexibility index (Phi) is 8.02. The molecular formula is C25H27F4N3O2. The van der Waals surface area contributed by atoms with Crippen LogP contribution in [-0.2, 0) is 17.5 Å². The van der Waals surface area contributed by atoms with Crippen molar-refractivity contribution >= 4 is 11.6 Å². The van der Waals surface area contributed by atoms with Crippen LogP contribution in [0.2, 0.25) is 0 Å². The van der Waals surface area contributed by atoms with Crippen LogP contribution in [-0.4, -0.2) is 35.0 Å². The predicted molar refractivity (Wildman–Crippen MR) is 120 cm³/mol. The Morgan fingerprint density at radius 3 is 2.65 bits per heavy atom. The van der Waals surface area contributed by atoms with Gasteiger partial charge in [0.2, 0.25) is 5.91 Å². The molecule has 0 saturated carbocycles. The summed E-state index contributed by atoms with van der Waals surface area (Å²) in [6.45, 7) is 2.65. The van der Waals surface area contributed by atoms with E-state index in [1.165, 1.54) is 12.1 Å². The molecule has 0 spiro atoms. The summed E-state index contributed by atoms with van der Waals surface area (Å²) in [6.07, 6.45) is -1.06. The molecule has 34 heavy (non-hydrogen) atoms. The summed E-state index contributed by atoms with van der Waals surface area (Å²) in [6, 6.07) is 8.39. The number of unbranched alkanes of at least 4 members (excludes halogenated alkanes) is 2. The highest BCUT2D eigenvalue weighted by molar-refractivity contribution is 5.76. The van der Waals surface area contributed by atoms with E-state index in [1.807, 2.05) is 13.0 Å². The van der Waals surface area contributed by atoms with E-state index in [1.54, 1.807) is 15.9 Å². The maximum Gasteiger partial charge on any atom is 0.416 e. The molecule has 9 heteroatoms. The number of amides is 1. The summed E-state index contributed by atoms with van der Waals surface area (Å²) in [5.41, 5.74) is -0.730. The third kappa shape index (κ3) is 5.99. The minimum Gasteiger partial charge on any atom is -0.506 e. The van der Waals surface area contributed by atoms with Gasteiger partial charge in [-0.3, -0.25) is 4.79 Å². The lowest BCUT2D eigenvalue weighted by Gasteiger charge is -2.32. The van der Waals surface area contributed by atoms with Gasteiger partial charge >= 0.3 is 6.18 Å².